The third kappa shape index (κ3) is 3.07. The molecule has 3 heterocycles. The van der Waals surface area contributed by atoms with E-state index in [2.05, 4.69) is 21.4 Å². The second-order valence-electron chi connectivity index (χ2n) is 8.31. The molecule has 1 aromatic carbocycles. The van der Waals surface area contributed by atoms with Gasteiger partial charge in [0.2, 0.25) is 0 Å². The molecule has 0 bridgehead atoms. The lowest BCUT2D eigenvalue weighted by molar-refractivity contribution is -0.0167. The van der Waals surface area contributed by atoms with Crippen LogP contribution >= 0.6 is 0 Å². The number of halogens is 1. The van der Waals surface area contributed by atoms with Gasteiger partial charge in [-0.25, -0.2) is 14.4 Å². The van der Waals surface area contributed by atoms with Crippen molar-refractivity contribution >= 4 is 11.0 Å². The first-order valence-electron chi connectivity index (χ1n) is 10.3. The molecule has 1 aliphatic carbocycles. The molecule has 7 nitrogen and oxygen atoms in total. The lowest BCUT2D eigenvalue weighted by atomic mass is 9.97. The molecule has 30 heavy (non-hydrogen) atoms. The molecular weight excluding hydrogens is 387 g/mol. The highest BCUT2D eigenvalue weighted by molar-refractivity contribution is 5.79. The molecule has 5 rings (SSSR count). The number of ether oxygens (including phenoxy) is 1. The van der Waals surface area contributed by atoms with Gasteiger partial charge in [0, 0.05) is 24.7 Å². The zero-order valence-corrected chi connectivity index (χ0v) is 17.0. The molecule has 2 unspecified atom stereocenters. The van der Waals surface area contributed by atoms with Crippen LogP contribution in [0.5, 0.6) is 5.75 Å². The van der Waals surface area contributed by atoms with Crippen LogP contribution in [-0.4, -0.2) is 49.6 Å². The summed E-state index contributed by atoms with van der Waals surface area (Å²) in [4.78, 5) is 8.27. The van der Waals surface area contributed by atoms with Gasteiger partial charge in [0.1, 0.15) is 36.0 Å². The quantitative estimate of drug-likeness (QED) is 0.609. The smallest absolute Gasteiger partial charge is 0.152 e. The molecule has 3 N–H and O–H groups in total. The van der Waals surface area contributed by atoms with E-state index < -0.39 is 30.2 Å². The number of aryl methyl sites for hydroxylation is 2. The van der Waals surface area contributed by atoms with Crippen LogP contribution in [0.15, 0.2) is 24.7 Å². The van der Waals surface area contributed by atoms with Gasteiger partial charge in [-0.2, -0.15) is 0 Å². The monoisotopic (exact) mass is 412 g/mol. The van der Waals surface area contributed by atoms with E-state index in [1.807, 2.05) is 13.0 Å². The minimum Gasteiger partial charge on any atom is -0.487 e. The zero-order chi connectivity index (χ0) is 21.0. The minimum absolute atomic E-state index is 0.336. The molecule has 0 radical (unpaired) electrons. The maximum absolute atomic E-state index is 14.5. The number of aliphatic hydroxyl groups is 2. The Morgan fingerprint density at radius 2 is 2.03 bits per heavy atom. The van der Waals surface area contributed by atoms with E-state index in [0.717, 1.165) is 29.8 Å². The number of hydrogen-bond donors (Lipinski definition) is 3. The van der Waals surface area contributed by atoms with Crippen LogP contribution < -0.4 is 10.1 Å². The summed E-state index contributed by atoms with van der Waals surface area (Å²) in [5, 5.41) is 25.2. The Hall–Kier alpha value is -2.55. The van der Waals surface area contributed by atoms with Gasteiger partial charge in [-0.3, -0.25) is 0 Å². The van der Waals surface area contributed by atoms with Crippen LogP contribution in [-0.2, 0) is 13.0 Å². The fourth-order valence-corrected chi connectivity index (χ4v) is 4.78. The van der Waals surface area contributed by atoms with Crippen molar-refractivity contribution in [2.75, 3.05) is 6.54 Å². The Morgan fingerprint density at radius 3 is 2.87 bits per heavy atom. The van der Waals surface area contributed by atoms with Crippen LogP contribution in [0.1, 0.15) is 34.8 Å². The third-order valence-electron chi connectivity index (χ3n) is 6.31. The van der Waals surface area contributed by atoms with Crippen molar-refractivity contribution in [3.05, 3.63) is 52.9 Å². The van der Waals surface area contributed by atoms with Crippen molar-refractivity contribution in [2.24, 2.45) is 0 Å². The Morgan fingerprint density at radius 1 is 1.20 bits per heavy atom. The lowest BCUT2D eigenvalue weighted by Crippen LogP contribution is -2.35. The molecule has 2 aliphatic rings. The standard InChI is InChI=1S/C22H25FN4O3/c1-11-5-13-3-4-24-8-14(13)17(6-11)30-18-7-16(20(28)21(18)29)27-9-15(23)19-12(2)25-10-26-22(19)27/h5-6,9-10,16,18,20-21,24,28-29H,3-4,7-8H2,1-2H3/t16?,18?,20-,21+/m0/s1. The summed E-state index contributed by atoms with van der Waals surface area (Å²) < 4.78 is 22.4. The van der Waals surface area contributed by atoms with E-state index in [9.17, 15) is 14.6 Å². The zero-order valence-electron chi connectivity index (χ0n) is 17.0. The summed E-state index contributed by atoms with van der Waals surface area (Å²) in [7, 11) is 0. The maximum Gasteiger partial charge on any atom is 0.152 e. The van der Waals surface area contributed by atoms with Gasteiger partial charge in [0.25, 0.3) is 0 Å². The molecule has 1 saturated carbocycles. The van der Waals surface area contributed by atoms with Crippen molar-refractivity contribution in [3.63, 3.8) is 0 Å². The molecular formula is C22H25FN4O3. The van der Waals surface area contributed by atoms with E-state index in [1.54, 1.807) is 11.5 Å². The number of fused-ring (bicyclic) bond motifs is 2. The highest BCUT2D eigenvalue weighted by atomic mass is 19.1. The number of nitrogens with zero attached hydrogens (tertiary/aromatic N) is 3. The third-order valence-corrected chi connectivity index (χ3v) is 6.31. The van der Waals surface area contributed by atoms with Gasteiger partial charge in [-0.15, -0.1) is 0 Å². The minimum atomic E-state index is -1.10. The topological polar surface area (TPSA) is 92.4 Å². The van der Waals surface area contributed by atoms with Crippen molar-refractivity contribution in [1.82, 2.24) is 19.9 Å². The maximum atomic E-state index is 14.5. The summed E-state index contributed by atoms with van der Waals surface area (Å²) in [6, 6.07) is 3.59. The molecule has 3 aromatic rings. The largest absolute Gasteiger partial charge is 0.487 e. The highest BCUT2D eigenvalue weighted by Crippen LogP contribution is 2.38. The number of rotatable bonds is 3. The first kappa shape index (κ1) is 19.4. The van der Waals surface area contributed by atoms with Gasteiger partial charge in [0.15, 0.2) is 5.82 Å². The SMILES string of the molecule is Cc1cc2c(c(OC3CC(n4cc(F)c5c(C)ncnc54)[C@H](O)[C@@H]3O)c1)CNCC2. The summed E-state index contributed by atoms with van der Waals surface area (Å²) in [5.41, 5.74) is 4.39. The Balaban J connectivity index is 1.47. The van der Waals surface area contributed by atoms with Gasteiger partial charge >= 0.3 is 0 Å². The molecule has 2 aromatic heterocycles. The average molecular weight is 412 g/mol. The fourth-order valence-electron chi connectivity index (χ4n) is 4.78. The van der Waals surface area contributed by atoms with Crippen molar-refractivity contribution in [2.45, 2.75) is 57.6 Å². The first-order valence-corrected chi connectivity index (χ1v) is 10.3. The summed E-state index contributed by atoms with van der Waals surface area (Å²) in [6.07, 6.45) is 1.18. The number of aliphatic hydroxyl groups excluding tert-OH is 2. The number of benzene rings is 1. The molecule has 8 heteroatoms. The van der Waals surface area contributed by atoms with E-state index in [4.69, 9.17) is 4.74 Å². The normalized spacial score (nSPS) is 26.2. The van der Waals surface area contributed by atoms with Crippen molar-refractivity contribution in [1.29, 1.82) is 0 Å². The number of hydrogen-bond acceptors (Lipinski definition) is 6. The first-order chi connectivity index (χ1) is 14.4. The van der Waals surface area contributed by atoms with Crippen LogP contribution in [0.2, 0.25) is 0 Å². The summed E-state index contributed by atoms with van der Waals surface area (Å²) >= 11 is 0. The number of aromatic nitrogens is 3. The van der Waals surface area contributed by atoms with Gasteiger partial charge in [-0.05, 0) is 44.0 Å². The summed E-state index contributed by atoms with van der Waals surface area (Å²) in [5.74, 6) is 0.295. The average Bonchev–Trinajstić information content (AvgIpc) is 3.20. The van der Waals surface area contributed by atoms with E-state index in [1.165, 1.54) is 18.1 Å². The Kier molecular flexibility index (Phi) is 4.72. The molecule has 0 saturated heterocycles. The highest BCUT2D eigenvalue weighted by Gasteiger charge is 2.45. The lowest BCUT2D eigenvalue weighted by Gasteiger charge is -2.25. The second-order valence-corrected chi connectivity index (χ2v) is 8.31. The summed E-state index contributed by atoms with van der Waals surface area (Å²) in [6.45, 7) is 5.38. The van der Waals surface area contributed by atoms with E-state index >= 15 is 0 Å². The van der Waals surface area contributed by atoms with Crippen LogP contribution in [0, 0.1) is 19.7 Å². The molecule has 4 atom stereocenters. The molecule has 158 valence electrons. The molecule has 1 aliphatic heterocycles. The molecule has 0 spiro atoms. The van der Waals surface area contributed by atoms with Crippen molar-refractivity contribution in [3.8, 4) is 5.75 Å². The Bertz CT molecular complexity index is 1120. The van der Waals surface area contributed by atoms with Gasteiger partial charge in [-0.1, -0.05) is 6.07 Å². The molecule has 0 amide bonds. The predicted octanol–water partition coefficient (Wildman–Crippen LogP) is 1.95. The van der Waals surface area contributed by atoms with Gasteiger partial charge in [0.05, 0.1) is 17.1 Å². The Labute approximate surface area is 173 Å². The van der Waals surface area contributed by atoms with Crippen molar-refractivity contribution < 1.29 is 19.3 Å². The second kappa shape index (κ2) is 7.30. The van der Waals surface area contributed by atoms with Crippen LogP contribution in [0.25, 0.3) is 11.0 Å². The van der Waals surface area contributed by atoms with Gasteiger partial charge < -0.3 is 24.8 Å². The number of nitrogens with one attached hydrogen (secondary N) is 1. The van der Waals surface area contributed by atoms with Crippen LogP contribution in [0.3, 0.4) is 0 Å². The predicted molar refractivity (Wildman–Crippen MR) is 109 cm³/mol. The fraction of sp³-hybridized carbons (Fsp3) is 0.455. The van der Waals surface area contributed by atoms with E-state index in [0.29, 0.717) is 29.7 Å². The van der Waals surface area contributed by atoms with Crippen LogP contribution in [0.4, 0.5) is 4.39 Å². The van der Waals surface area contributed by atoms with E-state index in [-0.39, 0.29) is 0 Å². The molecule has 1 fully saturated rings.